The van der Waals surface area contributed by atoms with Gasteiger partial charge in [-0.05, 0) is 36.1 Å². The lowest BCUT2D eigenvalue weighted by atomic mass is 10.1. The molecular weight excluding hydrogens is 344 g/mol. The first kappa shape index (κ1) is 18.5. The van der Waals surface area contributed by atoms with Gasteiger partial charge >= 0.3 is 0 Å². The van der Waals surface area contributed by atoms with Crippen molar-refractivity contribution in [2.75, 3.05) is 0 Å². The smallest absolute Gasteiger partial charge is 0.191 e. The van der Waals surface area contributed by atoms with E-state index in [1.165, 1.54) is 5.56 Å². The van der Waals surface area contributed by atoms with Crippen LogP contribution in [0.5, 0.6) is 5.75 Å². The first-order valence-corrected chi connectivity index (χ1v) is 9.82. The van der Waals surface area contributed by atoms with Crippen LogP contribution in [-0.4, -0.2) is 19.7 Å². The maximum Gasteiger partial charge on any atom is 0.191 e. The Morgan fingerprint density at radius 1 is 1.08 bits per heavy atom. The molecule has 0 saturated carbocycles. The molecule has 1 aromatic carbocycles. The standard InChI is InChI=1S/C20H24N4OS/c1-16(2)10-12-24-19(14-25-18-8-4-3-5-9-18)22-23-20(24)26-15-17-7-6-11-21-13-17/h3-9,11,13,16H,10,12,14-15H2,1-2H3. The van der Waals surface area contributed by atoms with Gasteiger partial charge in [0, 0.05) is 24.7 Å². The number of ether oxygens (including phenoxy) is 1. The molecule has 26 heavy (non-hydrogen) atoms. The van der Waals surface area contributed by atoms with E-state index in [2.05, 4.69) is 39.7 Å². The Kier molecular flexibility index (Phi) is 6.66. The van der Waals surface area contributed by atoms with Crippen molar-refractivity contribution in [3.63, 3.8) is 0 Å². The highest BCUT2D eigenvalue weighted by Crippen LogP contribution is 2.23. The molecule has 3 rings (SSSR count). The van der Waals surface area contributed by atoms with Crippen LogP contribution in [-0.2, 0) is 18.9 Å². The van der Waals surface area contributed by atoms with E-state index in [0.29, 0.717) is 12.5 Å². The Balaban J connectivity index is 1.70. The van der Waals surface area contributed by atoms with Crippen LogP contribution in [0.1, 0.15) is 31.7 Å². The number of para-hydroxylation sites is 1. The quantitative estimate of drug-likeness (QED) is 0.517. The molecule has 0 atom stereocenters. The highest BCUT2D eigenvalue weighted by atomic mass is 32.2. The minimum atomic E-state index is 0.419. The van der Waals surface area contributed by atoms with Crippen LogP contribution in [0.25, 0.3) is 0 Å². The normalized spacial score (nSPS) is 11.0. The zero-order valence-electron chi connectivity index (χ0n) is 15.2. The molecule has 2 aromatic heterocycles. The number of hydrogen-bond donors (Lipinski definition) is 0. The molecule has 0 bridgehead atoms. The van der Waals surface area contributed by atoms with E-state index in [4.69, 9.17) is 4.74 Å². The first-order valence-electron chi connectivity index (χ1n) is 8.84. The molecule has 0 unspecified atom stereocenters. The first-order chi connectivity index (χ1) is 12.7. The van der Waals surface area contributed by atoms with Crippen molar-refractivity contribution in [3.8, 4) is 5.75 Å². The molecule has 0 spiro atoms. The summed E-state index contributed by atoms with van der Waals surface area (Å²) in [5, 5.41) is 9.70. The van der Waals surface area contributed by atoms with Gasteiger partial charge in [0.25, 0.3) is 0 Å². The SMILES string of the molecule is CC(C)CCn1c(COc2ccccc2)nnc1SCc1cccnc1. The van der Waals surface area contributed by atoms with E-state index in [9.17, 15) is 0 Å². The molecule has 0 amide bonds. The lowest BCUT2D eigenvalue weighted by molar-refractivity contribution is 0.285. The summed E-state index contributed by atoms with van der Waals surface area (Å²) in [4.78, 5) is 4.17. The molecule has 0 saturated heterocycles. The predicted octanol–water partition coefficient (Wildman–Crippen LogP) is 4.59. The van der Waals surface area contributed by atoms with Crippen molar-refractivity contribution in [2.45, 2.75) is 44.3 Å². The summed E-state index contributed by atoms with van der Waals surface area (Å²) < 4.78 is 8.06. The van der Waals surface area contributed by atoms with Crippen LogP contribution in [0.4, 0.5) is 0 Å². The summed E-state index contributed by atoms with van der Waals surface area (Å²) in [5.41, 5.74) is 1.18. The molecule has 0 radical (unpaired) electrons. The van der Waals surface area contributed by atoms with E-state index in [-0.39, 0.29) is 0 Å². The maximum atomic E-state index is 5.87. The van der Waals surface area contributed by atoms with Crippen LogP contribution in [0.15, 0.2) is 60.0 Å². The van der Waals surface area contributed by atoms with E-state index < -0.39 is 0 Å². The lowest BCUT2D eigenvalue weighted by Gasteiger charge is -2.12. The van der Waals surface area contributed by atoms with E-state index >= 15 is 0 Å². The van der Waals surface area contributed by atoms with Gasteiger partial charge in [0.15, 0.2) is 11.0 Å². The molecule has 2 heterocycles. The van der Waals surface area contributed by atoms with Gasteiger partial charge in [-0.25, -0.2) is 0 Å². The van der Waals surface area contributed by atoms with E-state index in [1.54, 1.807) is 18.0 Å². The van der Waals surface area contributed by atoms with Gasteiger partial charge in [0.1, 0.15) is 12.4 Å². The average Bonchev–Trinajstić information content (AvgIpc) is 3.06. The van der Waals surface area contributed by atoms with Crippen molar-refractivity contribution in [2.24, 2.45) is 5.92 Å². The fourth-order valence-corrected chi connectivity index (χ4v) is 3.36. The Labute approximate surface area is 158 Å². The zero-order chi connectivity index (χ0) is 18.2. The molecule has 0 aliphatic heterocycles. The van der Waals surface area contributed by atoms with Crippen LogP contribution >= 0.6 is 11.8 Å². The van der Waals surface area contributed by atoms with Crippen molar-refractivity contribution in [1.29, 1.82) is 0 Å². The second kappa shape index (κ2) is 9.38. The summed E-state index contributed by atoms with van der Waals surface area (Å²) >= 11 is 1.69. The number of aromatic nitrogens is 4. The van der Waals surface area contributed by atoms with Gasteiger partial charge < -0.3 is 9.30 Å². The van der Waals surface area contributed by atoms with Gasteiger partial charge in [-0.3, -0.25) is 4.98 Å². The summed E-state index contributed by atoms with van der Waals surface area (Å²) in [5.74, 6) is 3.16. The maximum absolute atomic E-state index is 5.87. The van der Waals surface area contributed by atoms with Gasteiger partial charge in [0.2, 0.25) is 0 Å². The second-order valence-corrected chi connectivity index (χ2v) is 7.43. The fraction of sp³-hybridized carbons (Fsp3) is 0.350. The molecule has 0 aliphatic rings. The van der Waals surface area contributed by atoms with Crippen molar-refractivity contribution < 1.29 is 4.74 Å². The Hall–Kier alpha value is -2.34. The van der Waals surface area contributed by atoms with Crippen LogP contribution in [0.2, 0.25) is 0 Å². The molecular formula is C20H24N4OS. The Morgan fingerprint density at radius 3 is 2.65 bits per heavy atom. The van der Waals surface area contributed by atoms with Crippen molar-refractivity contribution in [1.82, 2.24) is 19.7 Å². The van der Waals surface area contributed by atoms with Gasteiger partial charge in [0.05, 0.1) is 0 Å². The lowest BCUT2D eigenvalue weighted by Crippen LogP contribution is -2.10. The van der Waals surface area contributed by atoms with Crippen molar-refractivity contribution >= 4 is 11.8 Å². The van der Waals surface area contributed by atoms with Crippen LogP contribution < -0.4 is 4.74 Å². The Morgan fingerprint density at radius 2 is 1.92 bits per heavy atom. The number of benzene rings is 1. The van der Waals surface area contributed by atoms with Crippen molar-refractivity contribution in [3.05, 3.63) is 66.2 Å². The molecule has 0 fully saturated rings. The Bertz CT molecular complexity index is 729. The molecule has 6 heteroatoms. The van der Waals surface area contributed by atoms with E-state index in [1.807, 2.05) is 42.6 Å². The van der Waals surface area contributed by atoms with Gasteiger partial charge in [-0.15, -0.1) is 10.2 Å². The molecule has 3 aromatic rings. The monoisotopic (exact) mass is 368 g/mol. The summed E-state index contributed by atoms with van der Waals surface area (Å²) in [6.07, 6.45) is 4.76. The second-order valence-electron chi connectivity index (χ2n) is 6.48. The number of nitrogens with zero attached hydrogens (tertiary/aromatic N) is 4. The largest absolute Gasteiger partial charge is 0.486 e. The minimum Gasteiger partial charge on any atom is -0.486 e. The highest BCUT2D eigenvalue weighted by Gasteiger charge is 2.14. The zero-order valence-corrected chi connectivity index (χ0v) is 16.0. The predicted molar refractivity (Wildman–Crippen MR) is 104 cm³/mol. The fourth-order valence-electron chi connectivity index (χ4n) is 2.44. The number of pyridine rings is 1. The molecule has 0 N–H and O–H groups in total. The van der Waals surface area contributed by atoms with E-state index in [0.717, 1.165) is 35.4 Å². The van der Waals surface area contributed by atoms with Crippen LogP contribution in [0, 0.1) is 5.92 Å². The highest BCUT2D eigenvalue weighted by molar-refractivity contribution is 7.98. The van der Waals surface area contributed by atoms with Crippen LogP contribution in [0.3, 0.4) is 0 Å². The number of thioether (sulfide) groups is 1. The third-order valence-electron chi connectivity index (χ3n) is 3.93. The molecule has 0 aliphatic carbocycles. The minimum absolute atomic E-state index is 0.419. The number of hydrogen-bond acceptors (Lipinski definition) is 5. The third-order valence-corrected chi connectivity index (χ3v) is 4.96. The third kappa shape index (κ3) is 5.33. The summed E-state index contributed by atoms with van der Waals surface area (Å²) in [7, 11) is 0. The van der Waals surface area contributed by atoms with Gasteiger partial charge in [-0.1, -0.05) is 49.9 Å². The summed E-state index contributed by atoms with van der Waals surface area (Å²) in [6, 6.07) is 13.8. The summed E-state index contributed by atoms with van der Waals surface area (Å²) in [6.45, 7) is 5.77. The molecule has 136 valence electrons. The molecule has 5 nitrogen and oxygen atoms in total. The van der Waals surface area contributed by atoms with Gasteiger partial charge in [-0.2, -0.15) is 0 Å². The topological polar surface area (TPSA) is 52.8 Å². The number of rotatable bonds is 9. The average molecular weight is 369 g/mol.